The second-order valence-electron chi connectivity index (χ2n) is 8.76. The van der Waals surface area contributed by atoms with Crippen LogP contribution >= 0.6 is 0 Å². The number of carbonyl (C=O) groups is 1. The lowest BCUT2D eigenvalue weighted by molar-refractivity contribution is -0.131. The Bertz CT molecular complexity index is 1030. The van der Waals surface area contributed by atoms with Crippen LogP contribution in [0.25, 0.3) is 11.3 Å². The van der Waals surface area contributed by atoms with Crippen molar-refractivity contribution in [1.82, 2.24) is 25.8 Å². The minimum Gasteiger partial charge on any atom is -0.351 e. The molecule has 1 aliphatic carbocycles. The molecule has 0 bridgehead atoms. The number of nitrogens with zero attached hydrogens (tertiary/aromatic N) is 2. The monoisotopic (exact) mass is 401 g/mol. The highest BCUT2D eigenvalue weighted by atomic mass is 16.2. The number of benzene rings is 1. The fourth-order valence-corrected chi connectivity index (χ4v) is 4.84. The molecule has 3 N–H and O–H groups in total. The average molecular weight is 402 g/mol. The molecule has 6 nitrogen and oxygen atoms in total. The van der Waals surface area contributed by atoms with Gasteiger partial charge in [-0.1, -0.05) is 37.3 Å². The van der Waals surface area contributed by atoms with Crippen LogP contribution in [0.15, 0.2) is 54.9 Å². The van der Waals surface area contributed by atoms with E-state index >= 15 is 0 Å². The number of fused-ring (bicyclic) bond motifs is 1. The van der Waals surface area contributed by atoms with Crippen LogP contribution in [0.3, 0.4) is 0 Å². The van der Waals surface area contributed by atoms with E-state index in [1.165, 1.54) is 5.56 Å². The normalized spacial score (nSPS) is 25.6. The Balaban J connectivity index is 1.35. The number of aromatic amines is 1. The Morgan fingerprint density at radius 1 is 1.13 bits per heavy atom. The first-order chi connectivity index (χ1) is 14.6. The zero-order chi connectivity index (χ0) is 20.6. The number of nitrogens with one attached hydrogen (secondary N) is 3. The SMILES string of the molecule is CC1(C(=O)NC2CNCC2c2ccccc2)CCc2[nH]nc(-c3ccncc3)c2C1. The van der Waals surface area contributed by atoms with Gasteiger partial charge in [-0.05, 0) is 37.0 Å². The number of amides is 1. The van der Waals surface area contributed by atoms with Crippen molar-refractivity contribution in [3.05, 3.63) is 71.7 Å². The zero-order valence-corrected chi connectivity index (χ0v) is 17.2. The standard InChI is InChI=1S/C24H27N5O/c1-24(23(30)27-21-15-26-14-19(21)16-5-3-2-4-6-16)10-7-20-18(13-24)22(29-28-20)17-8-11-25-12-9-17/h2-6,8-9,11-12,19,21,26H,7,10,13-15H2,1H3,(H,27,30)(H,28,29). The van der Waals surface area contributed by atoms with E-state index in [9.17, 15) is 4.79 Å². The molecule has 1 fully saturated rings. The third-order valence-corrected chi connectivity index (χ3v) is 6.71. The van der Waals surface area contributed by atoms with E-state index < -0.39 is 5.41 Å². The minimum atomic E-state index is -0.442. The van der Waals surface area contributed by atoms with Crippen molar-refractivity contribution >= 4 is 5.91 Å². The van der Waals surface area contributed by atoms with Crippen molar-refractivity contribution in [2.75, 3.05) is 13.1 Å². The van der Waals surface area contributed by atoms with Gasteiger partial charge >= 0.3 is 0 Å². The summed E-state index contributed by atoms with van der Waals surface area (Å²) < 4.78 is 0. The minimum absolute atomic E-state index is 0.113. The molecular formula is C24H27N5O. The summed E-state index contributed by atoms with van der Waals surface area (Å²) in [6.45, 7) is 3.79. The van der Waals surface area contributed by atoms with Crippen LogP contribution in [-0.4, -0.2) is 40.2 Å². The maximum Gasteiger partial charge on any atom is 0.226 e. The van der Waals surface area contributed by atoms with Gasteiger partial charge in [0, 0.05) is 54.3 Å². The van der Waals surface area contributed by atoms with E-state index in [1.54, 1.807) is 12.4 Å². The van der Waals surface area contributed by atoms with Crippen LogP contribution in [0.1, 0.15) is 36.1 Å². The quantitative estimate of drug-likeness (QED) is 0.628. The fourth-order valence-electron chi connectivity index (χ4n) is 4.84. The summed E-state index contributed by atoms with van der Waals surface area (Å²) >= 11 is 0. The first kappa shape index (κ1) is 19.0. The van der Waals surface area contributed by atoms with Gasteiger partial charge in [0.15, 0.2) is 0 Å². The number of pyridine rings is 1. The molecule has 0 radical (unpaired) electrons. The summed E-state index contributed by atoms with van der Waals surface area (Å²) in [7, 11) is 0. The molecule has 3 heterocycles. The molecule has 0 spiro atoms. The van der Waals surface area contributed by atoms with Gasteiger partial charge in [-0.25, -0.2) is 0 Å². The number of aromatic nitrogens is 3. The Hall–Kier alpha value is -2.99. The fraction of sp³-hybridized carbons (Fsp3) is 0.375. The summed E-state index contributed by atoms with van der Waals surface area (Å²) in [5, 5.41) is 14.6. The molecule has 6 heteroatoms. The summed E-state index contributed by atoms with van der Waals surface area (Å²) in [5.74, 6) is 0.448. The molecular weight excluding hydrogens is 374 g/mol. The molecule has 3 unspecified atom stereocenters. The molecule has 3 aromatic rings. The predicted molar refractivity (Wildman–Crippen MR) is 116 cm³/mol. The van der Waals surface area contributed by atoms with E-state index in [-0.39, 0.29) is 11.9 Å². The number of aryl methyl sites for hydroxylation is 1. The molecule has 2 aliphatic rings. The molecule has 5 rings (SSSR count). The van der Waals surface area contributed by atoms with Gasteiger partial charge in [-0.2, -0.15) is 5.10 Å². The lowest BCUT2D eigenvalue weighted by Crippen LogP contribution is -2.48. The van der Waals surface area contributed by atoms with Crippen molar-refractivity contribution in [1.29, 1.82) is 0 Å². The Kier molecular flexibility index (Phi) is 4.87. The first-order valence-electron chi connectivity index (χ1n) is 10.7. The predicted octanol–water partition coefficient (Wildman–Crippen LogP) is 2.84. The topological polar surface area (TPSA) is 82.7 Å². The second kappa shape index (κ2) is 7.69. The number of H-pyrrole nitrogens is 1. The maximum absolute atomic E-state index is 13.5. The summed E-state index contributed by atoms with van der Waals surface area (Å²) in [4.78, 5) is 17.6. The van der Waals surface area contributed by atoms with Crippen LogP contribution in [0.4, 0.5) is 0 Å². The van der Waals surface area contributed by atoms with Gasteiger partial charge < -0.3 is 10.6 Å². The van der Waals surface area contributed by atoms with Crippen LogP contribution in [0.2, 0.25) is 0 Å². The zero-order valence-electron chi connectivity index (χ0n) is 17.2. The Morgan fingerprint density at radius 3 is 2.73 bits per heavy atom. The van der Waals surface area contributed by atoms with E-state index in [2.05, 4.69) is 57.0 Å². The van der Waals surface area contributed by atoms with Crippen molar-refractivity contribution in [2.45, 2.75) is 38.1 Å². The van der Waals surface area contributed by atoms with Crippen molar-refractivity contribution < 1.29 is 4.79 Å². The molecule has 2 aromatic heterocycles. The van der Waals surface area contributed by atoms with Crippen molar-refractivity contribution in [2.24, 2.45) is 5.41 Å². The Morgan fingerprint density at radius 2 is 1.93 bits per heavy atom. The van der Waals surface area contributed by atoms with Crippen molar-refractivity contribution in [3.63, 3.8) is 0 Å². The first-order valence-corrected chi connectivity index (χ1v) is 10.7. The maximum atomic E-state index is 13.5. The molecule has 30 heavy (non-hydrogen) atoms. The number of hydrogen-bond acceptors (Lipinski definition) is 4. The molecule has 0 saturated carbocycles. The summed E-state index contributed by atoms with van der Waals surface area (Å²) in [6.07, 6.45) is 5.91. The van der Waals surface area contributed by atoms with E-state index in [4.69, 9.17) is 0 Å². The van der Waals surface area contributed by atoms with Gasteiger partial charge in [0.25, 0.3) is 0 Å². The molecule has 3 atom stereocenters. The van der Waals surface area contributed by atoms with Crippen LogP contribution in [0.5, 0.6) is 0 Å². The molecule has 1 saturated heterocycles. The second-order valence-corrected chi connectivity index (χ2v) is 8.76. The van der Waals surface area contributed by atoms with Gasteiger partial charge in [0.05, 0.1) is 11.1 Å². The van der Waals surface area contributed by atoms with Gasteiger partial charge in [-0.15, -0.1) is 0 Å². The van der Waals surface area contributed by atoms with E-state index in [1.807, 2.05) is 18.2 Å². The van der Waals surface area contributed by atoms with E-state index in [0.29, 0.717) is 12.3 Å². The third-order valence-electron chi connectivity index (χ3n) is 6.71. The third kappa shape index (κ3) is 3.41. The largest absolute Gasteiger partial charge is 0.351 e. The van der Waals surface area contributed by atoms with Crippen LogP contribution in [-0.2, 0) is 17.6 Å². The van der Waals surface area contributed by atoms with Crippen LogP contribution in [0, 0.1) is 5.41 Å². The highest BCUT2D eigenvalue weighted by Gasteiger charge is 2.41. The van der Waals surface area contributed by atoms with E-state index in [0.717, 1.165) is 48.4 Å². The number of rotatable bonds is 4. The molecule has 1 aromatic carbocycles. The number of carbonyl (C=O) groups excluding carboxylic acids is 1. The smallest absolute Gasteiger partial charge is 0.226 e. The van der Waals surface area contributed by atoms with Crippen molar-refractivity contribution in [3.8, 4) is 11.3 Å². The molecule has 1 aliphatic heterocycles. The highest BCUT2D eigenvalue weighted by Crippen LogP contribution is 2.39. The molecule has 1 amide bonds. The lowest BCUT2D eigenvalue weighted by Gasteiger charge is -2.34. The lowest BCUT2D eigenvalue weighted by atomic mass is 9.73. The van der Waals surface area contributed by atoms with Gasteiger partial charge in [0.1, 0.15) is 0 Å². The van der Waals surface area contributed by atoms with Gasteiger partial charge in [-0.3, -0.25) is 14.9 Å². The molecule has 154 valence electrons. The average Bonchev–Trinajstić information content (AvgIpc) is 3.41. The number of hydrogen-bond donors (Lipinski definition) is 3. The summed E-state index contributed by atoms with van der Waals surface area (Å²) in [5.41, 5.74) is 5.12. The van der Waals surface area contributed by atoms with Crippen LogP contribution < -0.4 is 10.6 Å². The summed E-state index contributed by atoms with van der Waals surface area (Å²) in [6, 6.07) is 14.5. The Labute approximate surface area is 176 Å². The van der Waals surface area contributed by atoms with Gasteiger partial charge in [0.2, 0.25) is 5.91 Å². The highest BCUT2D eigenvalue weighted by molar-refractivity contribution is 5.84.